The molecule has 0 bridgehead atoms. The number of thiazole rings is 1. The van der Waals surface area contributed by atoms with Crippen molar-refractivity contribution < 1.29 is 19.1 Å². The normalized spacial score (nSPS) is 14.5. The van der Waals surface area contributed by atoms with Crippen molar-refractivity contribution in [3.8, 4) is 5.69 Å². The molecule has 0 fully saturated rings. The summed E-state index contributed by atoms with van der Waals surface area (Å²) in [7, 11) is 1.37. The van der Waals surface area contributed by atoms with Crippen LogP contribution in [-0.2, 0) is 14.3 Å². The molecule has 0 N–H and O–H groups in total. The standard InChI is InChI=1S/C40H39N3O5S/c1-8-48-39(46)34-35(28-13-10-9-11-14-28)41-40-43(36(34)29-19-17-27(18-20-29)23(2)3)37(44)33(49-40)22-30-21-24(4)42(26(30)6)32-16-12-15-31(25(32)5)38(45)47-7/h9-23,36H,8H2,1-7H3/b33-22+/t36-/m1/s1. The predicted octanol–water partition coefficient (Wildman–Crippen LogP) is 6.56. The second kappa shape index (κ2) is 13.7. The third-order valence-corrected chi connectivity index (χ3v) is 9.98. The molecular formula is C40H39N3O5S. The predicted molar refractivity (Wildman–Crippen MR) is 193 cm³/mol. The maximum Gasteiger partial charge on any atom is 0.338 e. The largest absolute Gasteiger partial charge is 0.465 e. The van der Waals surface area contributed by atoms with Crippen molar-refractivity contribution in [3.63, 3.8) is 0 Å². The summed E-state index contributed by atoms with van der Waals surface area (Å²) >= 11 is 1.29. The zero-order valence-electron chi connectivity index (χ0n) is 28.7. The highest BCUT2D eigenvalue weighted by Crippen LogP contribution is 2.36. The lowest BCUT2D eigenvalue weighted by Gasteiger charge is -2.26. The molecule has 0 saturated carbocycles. The SMILES string of the molecule is CCOC(=O)C1=C(c2ccccc2)N=c2s/c(=C/c3cc(C)n(-c4cccc(C(=O)OC)c4C)c3C)c(=O)n2[C@@H]1c1ccc(C(C)C)cc1. The Kier molecular flexibility index (Phi) is 9.39. The van der Waals surface area contributed by atoms with Gasteiger partial charge in [-0.05, 0) is 80.1 Å². The Morgan fingerprint density at radius 1 is 0.959 bits per heavy atom. The van der Waals surface area contributed by atoms with Gasteiger partial charge >= 0.3 is 11.9 Å². The monoisotopic (exact) mass is 673 g/mol. The first kappa shape index (κ1) is 33.6. The number of ether oxygens (including phenoxy) is 2. The van der Waals surface area contributed by atoms with Crippen molar-refractivity contribution in [2.75, 3.05) is 13.7 Å². The van der Waals surface area contributed by atoms with Gasteiger partial charge in [0.05, 0.1) is 41.1 Å². The van der Waals surface area contributed by atoms with Crippen molar-refractivity contribution in [1.82, 2.24) is 9.13 Å². The van der Waals surface area contributed by atoms with Crippen LogP contribution >= 0.6 is 11.3 Å². The van der Waals surface area contributed by atoms with E-state index >= 15 is 0 Å². The quantitative estimate of drug-likeness (QED) is 0.174. The molecule has 3 heterocycles. The average Bonchev–Trinajstić information content (AvgIpc) is 3.57. The van der Waals surface area contributed by atoms with Crippen molar-refractivity contribution in [1.29, 1.82) is 0 Å². The molecule has 1 aliphatic heterocycles. The minimum atomic E-state index is -0.745. The molecule has 2 aromatic heterocycles. The van der Waals surface area contributed by atoms with Gasteiger partial charge in [-0.3, -0.25) is 9.36 Å². The number of methoxy groups -OCH3 is 1. The highest BCUT2D eigenvalue weighted by Gasteiger charge is 2.35. The average molecular weight is 674 g/mol. The number of fused-ring (bicyclic) bond motifs is 1. The molecule has 49 heavy (non-hydrogen) atoms. The number of hydrogen-bond donors (Lipinski definition) is 0. The number of hydrogen-bond acceptors (Lipinski definition) is 7. The van der Waals surface area contributed by atoms with Gasteiger partial charge in [0, 0.05) is 22.6 Å². The van der Waals surface area contributed by atoms with E-state index in [0.717, 1.165) is 44.9 Å². The number of carbonyl (C=O) groups is 2. The lowest BCUT2D eigenvalue weighted by Crippen LogP contribution is -2.40. The first-order valence-electron chi connectivity index (χ1n) is 16.3. The smallest absolute Gasteiger partial charge is 0.338 e. The van der Waals surface area contributed by atoms with E-state index < -0.39 is 18.0 Å². The molecule has 0 unspecified atom stereocenters. The Morgan fingerprint density at radius 2 is 1.67 bits per heavy atom. The van der Waals surface area contributed by atoms with Crippen LogP contribution in [0.1, 0.15) is 82.3 Å². The number of nitrogens with zero attached hydrogens (tertiary/aromatic N) is 3. The number of rotatable bonds is 8. The molecule has 0 aliphatic carbocycles. The molecule has 0 saturated heterocycles. The van der Waals surface area contributed by atoms with E-state index in [2.05, 4.69) is 18.4 Å². The summed E-state index contributed by atoms with van der Waals surface area (Å²) < 4.78 is 14.8. The molecule has 1 aliphatic rings. The number of aryl methyl sites for hydroxylation is 1. The molecule has 250 valence electrons. The zero-order valence-corrected chi connectivity index (χ0v) is 29.6. The van der Waals surface area contributed by atoms with Gasteiger partial charge in [-0.15, -0.1) is 0 Å². The summed E-state index contributed by atoms with van der Waals surface area (Å²) in [5.41, 5.74) is 8.14. The molecule has 0 spiro atoms. The Balaban J connectivity index is 1.58. The van der Waals surface area contributed by atoms with E-state index in [4.69, 9.17) is 14.5 Å². The second-order valence-corrected chi connectivity index (χ2v) is 13.4. The lowest BCUT2D eigenvalue weighted by atomic mass is 9.91. The number of esters is 2. The molecule has 8 nitrogen and oxygen atoms in total. The molecule has 0 amide bonds. The van der Waals surface area contributed by atoms with Crippen LogP contribution in [0.3, 0.4) is 0 Å². The number of aromatic nitrogens is 2. The molecule has 1 atom stereocenters. The first-order chi connectivity index (χ1) is 23.5. The third kappa shape index (κ3) is 6.10. The summed E-state index contributed by atoms with van der Waals surface area (Å²) in [6, 6.07) is 24.5. The Bertz CT molecular complexity index is 2290. The molecule has 9 heteroatoms. The van der Waals surface area contributed by atoms with Gasteiger partial charge in [-0.1, -0.05) is 85.8 Å². The van der Waals surface area contributed by atoms with E-state index in [-0.39, 0.29) is 12.2 Å². The Morgan fingerprint density at radius 3 is 2.33 bits per heavy atom. The maximum absolute atomic E-state index is 14.5. The highest BCUT2D eigenvalue weighted by molar-refractivity contribution is 7.07. The fourth-order valence-corrected chi connectivity index (χ4v) is 7.45. The fraction of sp³-hybridized carbons (Fsp3) is 0.250. The van der Waals surface area contributed by atoms with Gasteiger partial charge in [0.1, 0.15) is 0 Å². The van der Waals surface area contributed by atoms with Crippen LogP contribution in [0, 0.1) is 20.8 Å². The van der Waals surface area contributed by atoms with Crippen LogP contribution in [-0.4, -0.2) is 34.8 Å². The summed E-state index contributed by atoms with van der Waals surface area (Å²) in [4.78, 5) is 46.2. The fourth-order valence-electron chi connectivity index (χ4n) is 6.46. The van der Waals surface area contributed by atoms with Crippen LogP contribution < -0.4 is 14.9 Å². The van der Waals surface area contributed by atoms with Gasteiger partial charge in [0.2, 0.25) is 0 Å². The Hall–Kier alpha value is -5.28. The van der Waals surface area contributed by atoms with Crippen molar-refractivity contribution in [3.05, 3.63) is 149 Å². The zero-order chi connectivity index (χ0) is 35.0. The maximum atomic E-state index is 14.5. The van der Waals surface area contributed by atoms with Crippen LogP contribution in [0.15, 0.2) is 94.2 Å². The van der Waals surface area contributed by atoms with Gasteiger partial charge < -0.3 is 14.0 Å². The molecule has 0 radical (unpaired) electrons. The van der Waals surface area contributed by atoms with E-state index in [1.807, 2.05) is 99.6 Å². The molecule has 3 aromatic carbocycles. The number of benzene rings is 3. The van der Waals surface area contributed by atoms with Crippen molar-refractivity contribution in [2.24, 2.45) is 4.99 Å². The molecule has 5 aromatic rings. The topological polar surface area (TPSA) is 91.9 Å². The minimum absolute atomic E-state index is 0.186. The summed E-state index contributed by atoms with van der Waals surface area (Å²) in [5.74, 6) is -0.583. The second-order valence-electron chi connectivity index (χ2n) is 12.4. The summed E-state index contributed by atoms with van der Waals surface area (Å²) in [6.07, 6.45) is 1.89. The number of carbonyl (C=O) groups excluding carboxylic acids is 2. The van der Waals surface area contributed by atoms with E-state index in [1.165, 1.54) is 18.4 Å². The van der Waals surface area contributed by atoms with Crippen LogP contribution in [0.5, 0.6) is 0 Å². The van der Waals surface area contributed by atoms with Gasteiger partial charge in [-0.2, -0.15) is 0 Å². The van der Waals surface area contributed by atoms with Crippen LogP contribution in [0.4, 0.5) is 0 Å². The minimum Gasteiger partial charge on any atom is -0.465 e. The van der Waals surface area contributed by atoms with Crippen molar-refractivity contribution in [2.45, 2.75) is 53.5 Å². The summed E-state index contributed by atoms with van der Waals surface area (Å²) in [6.45, 7) is 12.1. The van der Waals surface area contributed by atoms with Gasteiger partial charge in [-0.25, -0.2) is 14.6 Å². The molecular weight excluding hydrogens is 635 g/mol. The highest BCUT2D eigenvalue weighted by atomic mass is 32.1. The summed E-state index contributed by atoms with van der Waals surface area (Å²) in [5, 5.41) is 0. The molecule has 6 rings (SSSR count). The Labute approximate surface area is 289 Å². The van der Waals surface area contributed by atoms with E-state index in [1.54, 1.807) is 17.6 Å². The van der Waals surface area contributed by atoms with E-state index in [0.29, 0.717) is 32.1 Å². The lowest BCUT2D eigenvalue weighted by molar-refractivity contribution is -0.138. The van der Waals surface area contributed by atoms with Crippen LogP contribution in [0.25, 0.3) is 17.5 Å². The first-order valence-corrected chi connectivity index (χ1v) is 17.1. The van der Waals surface area contributed by atoms with Gasteiger partial charge in [0.25, 0.3) is 5.56 Å². The third-order valence-electron chi connectivity index (χ3n) is 9.00. The van der Waals surface area contributed by atoms with Gasteiger partial charge in [0.15, 0.2) is 4.80 Å². The van der Waals surface area contributed by atoms with E-state index in [9.17, 15) is 14.4 Å². The van der Waals surface area contributed by atoms with Crippen molar-refractivity contribution >= 4 is 35.0 Å². The van der Waals surface area contributed by atoms with Crippen LogP contribution in [0.2, 0.25) is 0 Å².